The lowest BCUT2D eigenvalue weighted by molar-refractivity contribution is -0.130. The standard InChI is InChI=1S/C23H23N5O2S/c1-26(2)23(30)22-21(16-7-3-6-10-19(16)31-22)15-11-12-27(13-15)20(29)14-28-18-9-5-4-8-17(18)24-25-28/h3-10,15H,11-14H2,1-2H3/t15-/m1/s1. The molecule has 0 radical (unpaired) electrons. The third-order valence-electron chi connectivity index (χ3n) is 5.89. The summed E-state index contributed by atoms with van der Waals surface area (Å²) < 4.78 is 2.77. The van der Waals surface area contributed by atoms with Gasteiger partial charge in [-0.2, -0.15) is 0 Å². The molecular formula is C23H23N5O2S. The normalized spacial score (nSPS) is 16.3. The van der Waals surface area contributed by atoms with Crippen molar-refractivity contribution in [1.82, 2.24) is 24.8 Å². The zero-order chi connectivity index (χ0) is 21.5. The Morgan fingerprint density at radius 3 is 2.74 bits per heavy atom. The van der Waals surface area contributed by atoms with Gasteiger partial charge in [0, 0.05) is 37.8 Å². The van der Waals surface area contributed by atoms with Crippen LogP contribution in [0.1, 0.15) is 27.6 Å². The molecule has 0 N–H and O–H groups in total. The van der Waals surface area contributed by atoms with E-state index in [1.165, 1.54) is 0 Å². The molecule has 1 saturated heterocycles. The molecule has 1 atom stereocenters. The number of fused-ring (bicyclic) bond motifs is 2. The SMILES string of the molecule is CN(C)C(=O)c1sc2ccccc2c1[C@@H]1CCN(C(=O)Cn2nnc3ccccc32)C1. The lowest BCUT2D eigenvalue weighted by atomic mass is 9.95. The molecule has 1 fully saturated rings. The highest BCUT2D eigenvalue weighted by molar-refractivity contribution is 7.21. The van der Waals surface area contributed by atoms with E-state index in [2.05, 4.69) is 22.4 Å². The van der Waals surface area contributed by atoms with Crippen LogP contribution in [0.4, 0.5) is 0 Å². The van der Waals surface area contributed by atoms with Crippen molar-refractivity contribution in [3.8, 4) is 0 Å². The summed E-state index contributed by atoms with van der Waals surface area (Å²) in [6.45, 7) is 1.46. The smallest absolute Gasteiger partial charge is 0.263 e. The summed E-state index contributed by atoms with van der Waals surface area (Å²) in [5.74, 6) is 0.194. The number of amides is 2. The molecule has 2 aromatic carbocycles. The number of nitrogens with zero attached hydrogens (tertiary/aromatic N) is 5. The number of carbonyl (C=O) groups excluding carboxylic acids is 2. The van der Waals surface area contributed by atoms with Gasteiger partial charge >= 0.3 is 0 Å². The van der Waals surface area contributed by atoms with E-state index in [9.17, 15) is 9.59 Å². The summed E-state index contributed by atoms with van der Waals surface area (Å²) in [5.41, 5.74) is 2.72. The first-order valence-corrected chi connectivity index (χ1v) is 11.1. The molecule has 4 aromatic rings. The van der Waals surface area contributed by atoms with Gasteiger partial charge in [0.1, 0.15) is 12.1 Å². The molecule has 5 rings (SSSR count). The largest absolute Gasteiger partial charge is 0.344 e. The number of carbonyl (C=O) groups is 2. The number of aromatic nitrogens is 3. The number of rotatable bonds is 4. The van der Waals surface area contributed by atoms with E-state index in [-0.39, 0.29) is 24.3 Å². The number of hydrogen-bond donors (Lipinski definition) is 0. The van der Waals surface area contributed by atoms with Crippen molar-refractivity contribution in [2.24, 2.45) is 0 Å². The summed E-state index contributed by atoms with van der Waals surface area (Å²) in [5, 5.41) is 9.41. The number of hydrogen-bond acceptors (Lipinski definition) is 5. The van der Waals surface area contributed by atoms with Gasteiger partial charge in [-0.3, -0.25) is 9.59 Å². The van der Waals surface area contributed by atoms with Gasteiger partial charge in [0.05, 0.1) is 10.4 Å². The monoisotopic (exact) mass is 433 g/mol. The topological polar surface area (TPSA) is 71.3 Å². The zero-order valence-electron chi connectivity index (χ0n) is 17.5. The third-order valence-corrected chi connectivity index (χ3v) is 7.06. The van der Waals surface area contributed by atoms with Crippen molar-refractivity contribution in [3.63, 3.8) is 0 Å². The maximum atomic E-state index is 13.0. The van der Waals surface area contributed by atoms with Crippen LogP contribution in [0, 0.1) is 0 Å². The van der Waals surface area contributed by atoms with Gasteiger partial charge in [-0.25, -0.2) is 4.68 Å². The summed E-state index contributed by atoms with van der Waals surface area (Å²) in [6.07, 6.45) is 0.846. The Morgan fingerprint density at radius 1 is 1.13 bits per heavy atom. The van der Waals surface area contributed by atoms with Gasteiger partial charge < -0.3 is 9.80 Å². The Labute approximate surface area is 183 Å². The highest BCUT2D eigenvalue weighted by atomic mass is 32.1. The van der Waals surface area contributed by atoms with Crippen molar-refractivity contribution < 1.29 is 9.59 Å². The summed E-state index contributed by atoms with van der Waals surface area (Å²) in [4.78, 5) is 30.2. The Bertz CT molecular complexity index is 1290. The number of benzene rings is 2. The number of thiophene rings is 1. The average Bonchev–Trinajstić information content (AvgIpc) is 3.49. The quantitative estimate of drug-likeness (QED) is 0.495. The van der Waals surface area contributed by atoms with E-state index >= 15 is 0 Å². The summed E-state index contributed by atoms with van der Waals surface area (Å²) in [6, 6.07) is 15.8. The van der Waals surface area contributed by atoms with Crippen LogP contribution in [0.2, 0.25) is 0 Å². The Kier molecular flexibility index (Phi) is 4.94. The van der Waals surface area contributed by atoms with E-state index < -0.39 is 0 Å². The molecule has 158 valence electrons. The maximum absolute atomic E-state index is 13.0. The molecule has 2 aromatic heterocycles. The fourth-order valence-corrected chi connectivity index (χ4v) is 5.63. The first-order valence-electron chi connectivity index (χ1n) is 10.3. The average molecular weight is 434 g/mol. The van der Waals surface area contributed by atoms with Crippen LogP contribution in [0.15, 0.2) is 48.5 Å². The van der Waals surface area contributed by atoms with Crippen LogP contribution in [0.5, 0.6) is 0 Å². The van der Waals surface area contributed by atoms with Gasteiger partial charge in [-0.1, -0.05) is 35.5 Å². The molecule has 7 nitrogen and oxygen atoms in total. The maximum Gasteiger partial charge on any atom is 0.263 e. The second-order valence-electron chi connectivity index (χ2n) is 8.10. The molecule has 2 amide bonds. The van der Waals surface area contributed by atoms with Crippen molar-refractivity contribution >= 4 is 44.3 Å². The van der Waals surface area contributed by atoms with Crippen molar-refractivity contribution in [1.29, 1.82) is 0 Å². The highest BCUT2D eigenvalue weighted by Gasteiger charge is 2.33. The highest BCUT2D eigenvalue weighted by Crippen LogP contribution is 2.40. The van der Waals surface area contributed by atoms with Crippen LogP contribution in [-0.2, 0) is 11.3 Å². The minimum atomic E-state index is 0.0232. The number of para-hydroxylation sites is 1. The van der Waals surface area contributed by atoms with E-state index in [0.717, 1.165) is 38.0 Å². The second kappa shape index (κ2) is 7.77. The van der Waals surface area contributed by atoms with Crippen LogP contribution in [0.3, 0.4) is 0 Å². The van der Waals surface area contributed by atoms with Crippen molar-refractivity contribution in [3.05, 3.63) is 59.0 Å². The summed E-state index contributed by atoms with van der Waals surface area (Å²) in [7, 11) is 3.56. The molecule has 8 heteroatoms. The molecule has 0 bridgehead atoms. The molecule has 1 aliphatic rings. The fraction of sp³-hybridized carbons (Fsp3) is 0.304. The molecule has 0 unspecified atom stereocenters. The lowest BCUT2D eigenvalue weighted by Crippen LogP contribution is -2.32. The predicted octanol–water partition coefficient (Wildman–Crippen LogP) is 3.36. The molecule has 1 aliphatic heterocycles. The lowest BCUT2D eigenvalue weighted by Gasteiger charge is -2.18. The minimum Gasteiger partial charge on any atom is -0.344 e. The first-order chi connectivity index (χ1) is 15.0. The van der Waals surface area contributed by atoms with Crippen LogP contribution in [-0.4, -0.2) is 63.8 Å². The van der Waals surface area contributed by atoms with Crippen LogP contribution < -0.4 is 0 Å². The van der Waals surface area contributed by atoms with Crippen LogP contribution >= 0.6 is 11.3 Å². The molecular weight excluding hydrogens is 410 g/mol. The molecule has 0 aliphatic carbocycles. The predicted molar refractivity (Wildman–Crippen MR) is 121 cm³/mol. The van der Waals surface area contributed by atoms with E-state index in [1.807, 2.05) is 41.3 Å². The van der Waals surface area contributed by atoms with Gasteiger partial charge in [0.2, 0.25) is 5.91 Å². The fourth-order valence-electron chi connectivity index (χ4n) is 4.32. The molecule has 0 saturated carbocycles. The Hall–Kier alpha value is -3.26. The molecule has 31 heavy (non-hydrogen) atoms. The van der Waals surface area contributed by atoms with Gasteiger partial charge in [-0.05, 0) is 35.6 Å². The molecule has 3 heterocycles. The van der Waals surface area contributed by atoms with E-state index in [4.69, 9.17) is 0 Å². The second-order valence-corrected chi connectivity index (χ2v) is 9.15. The van der Waals surface area contributed by atoms with Crippen molar-refractivity contribution in [2.45, 2.75) is 18.9 Å². The van der Waals surface area contributed by atoms with Gasteiger partial charge in [-0.15, -0.1) is 16.4 Å². The van der Waals surface area contributed by atoms with Crippen molar-refractivity contribution in [2.75, 3.05) is 27.2 Å². The first kappa shape index (κ1) is 19.7. The Morgan fingerprint density at radius 2 is 1.90 bits per heavy atom. The third kappa shape index (κ3) is 3.46. The van der Waals surface area contributed by atoms with Gasteiger partial charge in [0.15, 0.2) is 0 Å². The number of likely N-dealkylation sites (tertiary alicyclic amines) is 1. The Balaban J connectivity index is 1.40. The van der Waals surface area contributed by atoms with E-state index in [1.54, 1.807) is 35.0 Å². The van der Waals surface area contributed by atoms with Gasteiger partial charge in [0.25, 0.3) is 5.91 Å². The minimum absolute atomic E-state index is 0.0232. The summed E-state index contributed by atoms with van der Waals surface area (Å²) >= 11 is 1.54. The zero-order valence-corrected chi connectivity index (χ0v) is 18.3. The molecule has 0 spiro atoms. The van der Waals surface area contributed by atoms with Crippen LogP contribution in [0.25, 0.3) is 21.1 Å². The van der Waals surface area contributed by atoms with E-state index in [0.29, 0.717) is 13.1 Å².